The number of rotatable bonds is 7. The molecule has 2 aromatic carbocycles. The SMILES string of the molecule is COc1ccc(NC(=O)CN[C@@H](C)c2ccc(Cl)cc2)c([N+](=O)[O-])c1. The number of halogens is 1. The number of benzene rings is 2. The summed E-state index contributed by atoms with van der Waals surface area (Å²) in [5, 5.41) is 17.4. The number of hydrogen-bond donors (Lipinski definition) is 2. The summed E-state index contributed by atoms with van der Waals surface area (Å²) >= 11 is 5.85. The highest BCUT2D eigenvalue weighted by molar-refractivity contribution is 6.30. The van der Waals surface area contributed by atoms with Crippen LogP contribution in [0.25, 0.3) is 0 Å². The smallest absolute Gasteiger partial charge is 0.296 e. The van der Waals surface area contributed by atoms with E-state index < -0.39 is 4.92 Å². The molecule has 0 bridgehead atoms. The number of nitrogens with zero attached hydrogens (tertiary/aromatic N) is 1. The Morgan fingerprint density at radius 1 is 1.28 bits per heavy atom. The van der Waals surface area contributed by atoms with Crippen LogP contribution in [0.1, 0.15) is 18.5 Å². The highest BCUT2D eigenvalue weighted by Gasteiger charge is 2.17. The van der Waals surface area contributed by atoms with Gasteiger partial charge in [-0.25, -0.2) is 0 Å². The maximum absolute atomic E-state index is 12.1. The van der Waals surface area contributed by atoms with Gasteiger partial charge in [0.15, 0.2) is 0 Å². The zero-order valence-corrected chi connectivity index (χ0v) is 14.5. The largest absolute Gasteiger partial charge is 0.496 e. The zero-order chi connectivity index (χ0) is 18.4. The van der Waals surface area contributed by atoms with Crippen molar-refractivity contribution >= 4 is 28.9 Å². The van der Waals surface area contributed by atoms with Crippen LogP contribution in [-0.4, -0.2) is 24.5 Å². The summed E-state index contributed by atoms with van der Waals surface area (Å²) in [6.45, 7) is 1.92. The second-order valence-corrected chi connectivity index (χ2v) is 5.78. The average molecular weight is 364 g/mol. The van der Waals surface area contributed by atoms with E-state index in [2.05, 4.69) is 10.6 Å². The number of methoxy groups -OCH3 is 1. The fraction of sp³-hybridized carbons (Fsp3) is 0.235. The van der Waals surface area contributed by atoms with Crippen molar-refractivity contribution in [1.82, 2.24) is 5.32 Å². The topological polar surface area (TPSA) is 93.5 Å². The van der Waals surface area contributed by atoms with E-state index in [9.17, 15) is 14.9 Å². The number of hydrogen-bond acceptors (Lipinski definition) is 5. The van der Waals surface area contributed by atoms with E-state index >= 15 is 0 Å². The Kier molecular flexibility index (Phi) is 6.32. The molecule has 2 rings (SSSR count). The highest BCUT2D eigenvalue weighted by Crippen LogP contribution is 2.28. The van der Waals surface area contributed by atoms with Crippen molar-refractivity contribution in [3.8, 4) is 5.75 Å². The maximum Gasteiger partial charge on any atom is 0.296 e. The van der Waals surface area contributed by atoms with Crippen molar-refractivity contribution < 1.29 is 14.5 Å². The van der Waals surface area contributed by atoms with Gasteiger partial charge in [-0.2, -0.15) is 0 Å². The second-order valence-electron chi connectivity index (χ2n) is 5.34. The lowest BCUT2D eigenvalue weighted by molar-refractivity contribution is -0.384. The van der Waals surface area contributed by atoms with Crippen LogP contribution in [0.15, 0.2) is 42.5 Å². The molecule has 2 aromatic rings. The van der Waals surface area contributed by atoms with Gasteiger partial charge in [0.25, 0.3) is 5.69 Å². The van der Waals surface area contributed by atoms with Gasteiger partial charge in [-0.05, 0) is 36.8 Å². The van der Waals surface area contributed by atoms with Gasteiger partial charge < -0.3 is 15.4 Å². The van der Waals surface area contributed by atoms with E-state index in [1.54, 1.807) is 18.2 Å². The molecule has 1 amide bonds. The third-order valence-corrected chi connectivity index (χ3v) is 3.87. The van der Waals surface area contributed by atoms with Crippen molar-refractivity contribution in [2.45, 2.75) is 13.0 Å². The first-order valence-electron chi connectivity index (χ1n) is 7.52. The molecule has 0 aromatic heterocycles. The number of carbonyl (C=O) groups is 1. The van der Waals surface area contributed by atoms with Crippen LogP contribution < -0.4 is 15.4 Å². The molecule has 0 saturated heterocycles. The van der Waals surface area contributed by atoms with Crippen LogP contribution in [0.5, 0.6) is 5.75 Å². The zero-order valence-electron chi connectivity index (χ0n) is 13.8. The summed E-state index contributed by atoms with van der Waals surface area (Å²) in [5.74, 6) is -0.0340. The lowest BCUT2D eigenvalue weighted by Crippen LogP contribution is -2.30. The standard InChI is InChI=1S/C17H18ClN3O4/c1-11(12-3-5-13(18)6-4-12)19-10-17(22)20-15-8-7-14(25-2)9-16(15)21(23)24/h3-9,11,19H,10H2,1-2H3,(H,20,22)/t11-/m0/s1. The Morgan fingerprint density at radius 3 is 2.56 bits per heavy atom. The van der Waals surface area contributed by atoms with Crippen LogP contribution in [-0.2, 0) is 4.79 Å². The lowest BCUT2D eigenvalue weighted by atomic mass is 10.1. The van der Waals surface area contributed by atoms with Gasteiger partial charge in [0, 0.05) is 11.1 Å². The third kappa shape index (κ3) is 5.17. The summed E-state index contributed by atoms with van der Waals surface area (Å²) < 4.78 is 4.96. The molecule has 7 nitrogen and oxygen atoms in total. The summed E-state index contributed by atoms with van der Waals surface area (Å²) in [6, 6.07) is 11.5. The first-order chi connectivity index (χ1) is 11.9. The number of nitro benzene ring substituents is 1. The molecule has 0 aliphatic rings. The summed E-state index contributed by atoms with van der Waals surface area (Å²) in [7, 11) is 1.42. The minimum Gasteiger partial charge on any atom is -0.496 e. The van der Waals surface area contributed by atoms with Crippen molar-refractivity contribution in [3.63, 3.8) is 0 Å². The molecule has 0 aliphatic heterocycles. The van der Waals surface area contributed by atoms with Gasteiger partial charge in [0.05, 0.1) is 24.6 Å². The molecular formula is C17H18ClN3O4. The number of nitro groups is 1. The number of nitrogens with one attached hydrogen (secondary N) is 2. The molecule has 0 fully saturated rings. The molecule has 0 aliphatic carbocycles. The fourth-order valence-corrected chi connectivity index (χ4v) is 2.33. The first-order valence-corrected chi connectivity index (χ1v) is 7.89. The molecule has 0 unspecified atom stereocenters. The van der Waals surface area contributed by atoms with E-state index in [0.29, 0.717) is 10.8 Å². The molecular weight excluding hydrogens is 346 g/mol. The van der Waals surface area contributed by atoms with Crippen molar-refractivity contribution in [3.05, 3.63) is 63.2 Å². The van der Waals surface area contributed by atoms with E-state index in [1.165, 1.54) is 19.2 Å². The quantitative estimate of drug-likeness (QED) is 0.579. The summed E-state index contributed by atoms with van der Waals surface area (Å²) in [6.07, 6.45) is 0. The predicted octanol–water partition coefficient (Wildman–Crippen LogP) is 3.55. The Labute approximate surface area is 150 Å². The highest BCUT2D eigenvalue weighted by atomic mass is 35.5. The minimum atomic E-state index is -0.568. The van der Waals surface area contributed by atoms with E-state index in [-0.39, 0.29) is 29.9 Å². The van der Waals surface area contributed by atoms with Crippen molar-refractivity contribution in [1.29, 1.82) is 0 Å². The van der Waals surface area contributed by atoms with Gasteiger partial charge in [0.2, 0.25) is 5.91 Å². The van der Waals surface area contributed by atoms with Crippen LogP contribution in [0, 0.1) is 10.1 Å². The maximum atomic E-state index is 12.1. The molecule has 8 heteroatoms. The van der Waals surface area contributed by atoms with Gasteiger partial charge >= 0.3 is 0 Å². The molecule has 0 radical (unpaired) electrons. The van der Waals surface area contributed by atoms with Crippen LogP contribution in [0.2, 0.25) is 5.02 Å². The Hall–Kier alpha value is -2.64. The second kappa shape index (κ2) is 8.46. The predicted molar refractivity (Wildman–Crippen MR) is 96.1 cm³/mol. The molecule has 0 saturated carbocycles. The first kappa shape index (κ1) is 18.7. The summed E-state index contributed by atoms with van der Waals surface area (Å²) in [4.78, 5) is 22.6. The van der Waals surface area contributed by atoms with E-state index in [0.717, 1.165) is 5.56 Å². The Bertz CT molecular complexity index is 765. The number of anilines is 1. The molecule has 1 atom stereocenters. The summed E-state index contributed by atoms with van der Waals surface area (Å²) in [5.41, 5.74) is 0.878. The molecule has 0 spiro atoms. The number of ether oxygens (including phenoxy) is 1. The third-order valence-electron chi connectivity index (χ3n) is 3.61. The van der Waals surface area contributed by atoms with E-state index in [1.807, 2.05) is 19.1 Å². The molecule has 132 valence electrons. The van der Waals surface area contributed by atoms with Gasteiger partial charge in [0.1, 0.15) is 11.4 Å². The number of carbonyl (C=O) groups excluding carboxylic acids is 1. The number of amides is 1. The Balaban J connectivity index is 1.98. The van der Waals surface area contributed by atoms with Crippen LogP contribution >= 0.6 is 11.6 Å². The molecule has 2 N–H and O–H groups in total. The normalized spacial score (nSPS) is 11.6. The average Bonchev–Trinajstić information content (AvgIpc) is 2.60. The minimum absolute atomic E-state index is 0.00692. The van der Waals surface area contributed by atoms with Crippen LogP contribution in [0.3, 0.4) is 0 Å². The monoisotopic (exact) mass is 363 g/mol. The van der Waals surface area contributed by atoms with Gasteiger partial charge in [-0.3, -0.25) is 14.9 Å². The molecule has 25 heavy (non-hydrogen) atoms. The van der Waals surface area contributed by atoms with Gasteiger partial charge in [-0.15, -0.1) is 0 Å². The van der Waals surface area contributed by atoms with E-state index in [4.69, 9.17) is 16.3 Å². The van der Waals surface area contributed by atoms with Gasteiger partial charge in [-0.1, -0.05) is 23.7 Å². The van der Waals surface area contributed by atoms with Crippen molar-refractivity contribution in [2.75, 3.05) is 19.0 Å². The fourth-order valence-electron chi connectivity index (χ4n) is 2.20. The van der Waals surface area contributed by atoms with Crippen molar-refractivity contribution in [2.24, 2.45) is 0 Å². The molecule has 0 heterocycles. The van der Waals surface area contributed by atoms with Crippen LogP contribution in [0.4, 0.5) is 11.4 Å². The Morgan fingerprint density at radius 2 is 1.96 bits per heavy atom. The lowest BCUT2D eigenvalue weighted by Gasteiger charge is -2.14.